The second-order valence-electron chi connectivity index (χ2n) is 7.05. The zero-order valence-electron chi connectivity index (χ0n) is 17.2. The molecule has 0 unspecified atom stereocenters. The Labute approximate surface area is 187 Å². The third-order valence-corrected chi connectivity index (χ3v) is 4.85. The fourth-order valence-corrected chi connectivity index (χ4v) is 3.38. The molecule has 0 aliphatic rings. The number of hydrogen-bond acceptors (Lipinski definition) is 3. The molecule has 4 aromatic rings. The van der Waals surface area contributed by atoms with E-state index in [0.29, 0.717) is 22.7 Å². The lowest BCUT2D eigenvalue weighted by Gasteiger charge is -2.23. The van der Waals surface area contributed by atoms with Crippen molar-refractivity contribution < 1.29 is 22.7 Å². The molecule has 1 aromatic heterocycles. The fraction of sp³-hybridized carbons (Fsp3) is 0.0400. The number of nitrogens with two attached hydrogens (primary N) is 1. The zero-order chi connectivity index (χ0) is 23.4. The Morgan fingerprint density at radius 1 is 0.818 bits per heavy atom. The number of carbonyl (C=O) groups is 1. The summed E-state index contributed by atoms with van der Waals surface area (Å²) in [7, 11) is 0. The van der Waals surface area contributed by atoms with E-state index in [1.165, 1.54) is 12.1 Å². The monoisotopic (exact) mass is 449 g/mol. The molecule has 5 nitrogen and oxygen atoms in total. The summed E-state index contributed by atoms with van der Waals surface area (Å²) < 4.78 is 47.3. The topological polar surface area (TPSA) is 68.5 Å². The lowest BCUT2D eigenvalue weighted by molar-refractivity contribution is -0.137. The van der Waals surface area contributed by atoms with Crippen molar-refractivity contribution >= 4 is 17.4 Å². The van der Waals surface area contributed by atoms with Gasteiger partial charge >= 0.3 is 12.2 Å². The number of hydrogen-bond donors (Lipinski definition) is 1. The van der Waals surface area contributed by atoms with Gasteiger partial charge in [0.25, 0.3) is 0 Å². The Morgan fingerprint density at radius 2 is 1.42 bits per heavy atom. The van der Waals surface area contributed by atoms with E-state index in [0.717, 1.165) is 11.0 Å². The van der Waals surface area contributed by atoms with Crippen molar-refractivity contribution in [2.45, 2.75) is 6.18 Å². The number of aromatic nitrogens is 1. The number of pyridine rings is 1. The maximum absolute atomic E-state index is 13.9. The molecular formula is C25H18F3N3O2. The molecule has 0 aliphatic carbocycles. The van der Waals surface area contributed by atoms with Crippen molar-refractivity contribution in [2.24, 2.45) is 5.73 Å². The summed E-state index contributed by atoms with van der Waals surface area (Å²) in [6.07, 6.45) is -1.47. The van der Waals surface area contributed by atoms with Gasteiger partial charge < -0.3 is 10.5 Å². The van der Waals surface area contributed by atoms with Crippen molar-refractivity contribution in [2.75, 3.05) is 4.90 Å². The quantitative estimate of drug-likeness (QED) is 0.365. The molecule has 0 fully saturated rings. The number of rotatable bonds is 5. The highest BCUT2D eigenvalue weighted by molar-refractivity contribution is 5.99. The predicted molar refractivity (Wildman–Crippen MR) is 119 cm³/mol. The van der Waals surface area contributed by atoms with Gasteiger partial charge in [0.1, 0.15) is 11.5 Å². The van der Waals surface area contributed by atoms with Crippen LogP contribution in [0.5, 0.6) is 11.5 Å². The largest absolute Gasteiger partial charge is 0.457 e. The predicted octanol–water partition coefficient (Wildman–Crippen LogP) is 6.78. The molecule has 0 spiro atoms. The molecule has 166 valence electrons. The lowest BCUT2D eigenvalue weighted by Crippen LogP contribution is -2.31. The van der Waals surface area contributed by atoms with Crippen molar-refractivity contribution in [3.8, 4) is 22.6 Å². The standard InChI is InChI=1S/C25H18F3N3O2/c26-25(27,28)23-16-19(8-11-22(23)17-4-2-1-3-5-17)31(24(29)32)18-6-9-20(10-7-18)33-21-12-14-30-15-13-21/h1-16H,(H2,29,32). The van der Waals surface area contributed by atoms with Crippen LogP contribution >= 0.6 is 0 Å². The van der Waals surface area contributed by atoms with E-state index in [1.807, 2.05) is 0 Å². The Balaban J connectivity index is 1.70. The summed E-state index contributed by atoms with van der Waals surface area (Å²) in [5.41, 5.74) is 5.39. The molecule has 0 atom stereocenters. The summed E-state index contributed by atoms with van der Waals surface area (Å²) >= 11 is 0. The van der Waals surface area contributed by atoms with Crippen molar-refractivity contribution in [1.82, 2.24) is 4.98 Å². The van der Waals surface area contributed by atoms with Crippen LogP contribution in [0, 0.1) is 0 Å². The smallest absolute Gasteiger partial charge is 0.417 e. The maximum atomic E-state index is 13.9. The molecule has 0 saturated carbocycles. The van der Waals surface area contributed by atoms with Crippen molar-refractivity contribution in [3.05, 3.63) is 103 Å². The molecule has 1 heterocycles. The number of alkyl halides is 3. The van der Waals surface area contributed by atoms with Crippen LogP contribution in [0.2, 0.25) is 0 Å². The first-order valence-corrected chi connectivity index (χ1v) is 9.87. The van der Waals surface area contributed by atoms with Gasteiger partial charge in [-0.2, -0.15) is 13.2 Å². The fourth-order valence-electron chi connectivity index (χ4n) is 3.38. The van der Waals surface area contributed by atoms with E-state index in [4.69, 9.17) is 10.5 Å². The number of nitrogens with zero attached hydrogens (tertiary/aromatic N) is 2. The number of urea groups is 1. The van der Waals surface area contributed by atoms with Gasteiger partial charge in [0, 0.05) is 12.4 Å². The number of carbonyl (C=O) groups excluding carboxylic acids is 1. The van der Waals surface area contributed by atoms with Crippen molar-refractivity contribution in [3.63, 3.8) is 0 Å². The third kappa shape index (κ3) is 4.95. The van der Waals surface area contributed by atoms with Gasteiger partial charge in [-0.3, -0.25) is 9.88 Å². The molecule has 33 heavy (non-hydrogen) atoms. The van der Waals surface area contributed by atoms with Gasteiger partial charge in [-0.1, -0.05) is 36.4 Å². The van der Waals surface area contributed by atoms with Gasteiger partial charge in [0.2, 0.25) is 0 Å². The first-order chi connectivity index (χ1) is 15.8. The Bertz CT molecular complexity index is 1250. The minimum atomic E-state index is -4.63. The average molecular weight is 449 g/mol. The molecule has 3 aromatic carbocycles. The van der Waals surface area contributed by atoms with E-state index in [-0.39, 0.29) is 11.3 Å². The minimum Gasteiger partial charge on any atom is -0.457 e. The SMILES string of the molecule is NC(=O)N(c1ccc(Oc2ccncc2)cc1)c1ccc(-c2ccccc2)c(C(F)(F)F)c1. The van der Waals surface area contributed by atoms with Crippen LogP contribution in [0.3, 0.4) is 0 Å². The van der Waals surface area contributed by atoms with E-state index in [9.17, 15) is 18.0 Å². The summed E-state index contributed by atoms with van der Waals surface area (Å²) in [5, 5.41) is 0. The average Bonchev–Trinajstić information content (AvgIpc) is 2.81. The number of primary amides is 1. The van der Waals surface area contributed by atoms with E-state index >= 15 is 0 Å². The van der Waals surface area contributed by atoms with Crippen LogP contribution in [0.15, 0.2) is 97.3 Å². The van der Waals surface area contributed by atoms with Gasteiger partial charge in [-0.15, -0.1) is 0 Å². The van der Waals surface area contributed by atoms with Crippen molar-refractivity contribution in [1.29, 1.82) is 0 Å². The molecule has 8 heteroatoms. The van der Waals surface area contributed by atoms with Crippen LogP contribution in [0.4, 0.5) is 29.3 Å². The van der Waals surface area contributed by atoms with Crippen LogP contribution in [-0.4, -0.2) is 11.0 Å². The van der Waals surface area contributed by atoms with E-state index in [2.05, 4.69) is 4.98 Å². The van der Waals surface area contributed by atoms with Gasteiger partial charge in [0.15, 0.2) is 0 Å². The number of benzene rings is 3. The molecule has 2 amide bonds. The zero-order valence-corrected chi connectivity index (χ0v) is 17.2. The second-order valence-corrected chi connectivity index (χ2v) is 7.05. The van der Waals surface area contributed by atoms with Gasteiger partial charge in [-0.05, 0) is 59.7 Å². The molecule has 0 aliphatic heterocycles. The summed E-state index contributed by atoms with van der Waals surface area (Å²) in [6, 6.07) is 20.6. The molecule has 0 bridgehead atoms. The molecule has 4 rings (SSSR count). The number of halogens is 3. The van der Waals surface area contributed by atoms with Gasteiger partial charge in [0.05, 0.1) is 16.9 Å². The minimum absolute atomic E-state index is 0.00249. The van der Waals surface area contributed by atoms with E-state index in [1.54, 1.807) is 79.1 Å². The molecule has 2 N–H and O–H groups in total. The lowest BCUT2D eigenvalue weighted by atomic mass is 9.98. The highest BCUT2D eigenvalue weighted by Gasteiger charge is 2.35. The highest BCUT2D eigenvalue weighted by atomic mass is 19.4. The third-order valence-electron chi connectivity index (χ3n) is 4.85. The van der Waals surface area contributed by atoms with Crippen LogP contribution in [-0.2, 0) is 6.18 Å². The Morgan fingerprint density at radius 3 is 2.03 bits per heavy atom. The Kier molecular flexibility index (Phi) is 5.99. The van der Waals surface area contributed by atoms with Gasteiger partial charge in [-0.25, -0.2) is 4.79 Å². The summed E-state index contributed by atoms with van der Waals surface area (Å²) in [4.78, 5) is 17.1. The number of ether oxygens (including phenoxy) is 1. The maximum Gasteiger partial charge on any atom is 0.417 e. The highest BCUT2D eigenvalue weighted by Crippen LogP contribution is 2.40. The first-order valence-electron chi connectivity index (χ1n) is 9.87. The van der Waals surface area contributed by atoms with E-state index < -0.39 is 17.8 Å². The Hall–Kier alpha value is -4.33. The van der Waals surface area contributed by atoms with Crippen LogP contribution in [0.25, 0.3) is 11.1 Å². The number of anilines is 2. The summed E-state index contributed by atoms with van der Waals surface area (Å²) in [6.45, 7) is 0. The molecular weight excluding hydrogens is 431 g/mol. The normalized spacial score (nSPS) is 11.1. The molecule has 0 radical (unpaired) electrons. The van der Waals surface area contributed by atoms with Crippen LogP contribution < -0.4 is 15.4 Å². The van der Waals surface area contributed by atoms with Crippen LogP contribution in [0.1, 0.15) is 5.56 Å². The number of amides is 2. The summed E-state index contributed by atoms with van der Waals surface area (Å²) in [5.74, 6) is 1.04. The first kappa shape index (κ1) is 21.9. The molecule has 0 saturated heterocycles. The second kappa shape index (κ2) is 9.04.